The van der Waals surface area contributed by atoms with Crippen LogP contribution < -0.4 is 15.4 Å². The molecule has 0 saturated carbocycles. The van der Waals surface area contributed by atoms with Crippen molar-refractivity contribution in [1.82, 2.24) is 9.88 Å². The molecule has 25 heavy (non-hydrogen) atoms. The zero-order chi connectivity index (χ0) is 18.4. The third kappa shape index (κ3) is 5.07. The third-order valence-corrected chi connectivity index (χ3v) is 5.52. The summed E-state index contributed by atoms with van der Waals surface area (Å²) >= 11 is 3.55. The van der Waals surface area contributed by atoms with E-state index in [9.17, 15) is 4.79 Å². The molecule has 1 atom stereocenters. The number of ether oxygens (including phenoxy) is 1. The molecule has 0 aliphatic carbocycles. The Morgan fingerprint density at radius 3 is 2.80 bits per heavy atom. The summed E-state index contributed by atoms with van der Waals surface area (Å²) in [4.78, 5) is 20.8. The van der Waals surface area contributed by atoms with Gasteiger partial charge in [0.1, 0.15) is 11.4 Å². The van der Waals surface area contributed by atoms with Crippen LogP contribution in [0.5, 0.6) is 5.88 Å². The van der Waals surface area contributed by atoms with E-state index in [1.807, 2.05) is 0 Å². The number of halogens is 1. The van der Waals surface area contributed by atoms with Crippen molar-refractivity contribution in [3.05, 3.63) is 16.1 Å². The van der Waals surface area contributed by atoms with Gasteiger partial charge in [-0.05, 0) is 47.9 Å². The number of nitrogens with zero attached hydrogens (tertiary/aromatic N) is 3. The minimum atomic E-state index is -0.543. The van der Waals surface area contributed by atoms with Gasteiger partial charge in [-0.25, -0.2) is 0 Å². The summed E-state index contributed by atoms with van der Waals surface area (Å²) in [6, 6.07) is 2.07. The zero-order valence-corrected chi connectivity index (χ0v) is 17.0. The van der Waals surface area contributed by atoms with Gasteiger partial charge >= 0.3 is 0 Å². The fraction of sp³-hybridized carbons (Fsp3) is 0.667. The van der Waals surface area contributed by atoms with Crippen molar-refractivity contribution in [1.29, 1.82) is 0 Å². The molecule has 1 amide bonds. The highest BCUT2D eigenvalue weighted by Crippen LogP contribution is 2.31. The van der Waals surface area contributed by atoms with Crippen molar-refractivity contribution in [2.24, 2.45) is 5.73 Å². The molecule has 7 heteroatoms. The van der Waals surface area contributed by atoms with Crippen LogP contribution in [0.1, 0.15) is 49.4 Å². The van der Waals surface area contributed by atoms with Gasteiger partial charge in [0.25, 0.3) is 5.91 Å². The predicted molar refractivity (Wildman–Crippen MR) is 104 cm³/mol. The Bertz CT molecular complexity index is 597. The lowest BCUT2D eigenvalue weighted by molar-refractivity contribution is 0.0996. The van der Waals surface area contributed by atoms with Crippen molar-refractivity contribution < 1.29 is 9.53 Å². The number of aromatic nitrogens is 1. The number of primary amides is 1. The van der Waals surface area contributed by atoms with E-state index in [1.165, 1.54) is 32.8 Å². The molecule has 2 N–H and O–H groups in total. The molecule has 1 aromatic rings. The number of anilines is 1. The van der Waals surface area contributed by atoms with Crippen molar-refractivity contribution in [3.63, 3.8) is 0 Å². The topological polar surface area (TPSA) is 71.7 Å². The van der Waals surface area contributed by atoms with E-state index in [0.29, 0.717) is 6.04 Å². The third-order valence-electron chi connectivity index (χ3n) is 4.94. The lowest BCUT2D eigenvalue weighted by atomic mass is 10.1. The maximum Gasteiger partial charge on any atom is 0.254 e. The van der Waals surface area contributed by atoms with Crippen LogP contribution in [0.2, 0.25) is 0 Å². The SMILES string of the molecule is CCN1CCCCCCC(N(C)c2nc(OC)c(C(N)=O)cc2Br)C1. The lowest BCUT2D eigenvalue weighted by Gasteiger charge is -2.34. The summed E-state index contributed by atoms with van der Waals surface area (Å²) in [5, 5.41) is 0. The molecule has 0 spiro atoms. The summed E-state index contributed by atoms with van der Waals surface area (Å²) in [6.07, 6.45) is 6.20. The zero-order valence-electron chi connectivity index (χ0n) is 15.4. The van der Waals surface area contributed by atoms with Crippen LogP contribution in [0.3, 0.4) is 0 Å². The van der Waals surface area contributed by atoms with E-state index in [2.05, 4.69) is 44.7 Å². The summed E-state index contributed by atoms with van der Waals surface area (Å²) in [5.41, 5.74) is 5.71. The van der Waals surface area contributed by atoms with E-state index >= 15 is 0 Å². The van der Waals surface area contributed by atoms with Crippen molar-refractivity contribution in [2.45, 2.75) is 45.1 Å². The first-order valence-corrected chi connectivity index (χ1v) is 9.76. The average molecular weight is 413 g/mol. The van der Waals surface area contributed by atoms with Crippen molar-refractivity contribution in [2.75, 3.05) is 38.7 Å². The average Bonchev–Trinajstić information content (AvgIpc) is 2.72. The van der Waals surface area contributed by atoms with Crippen LogP contribution in [0.25, 0.3) is 0 Å². The van der Waals surface area contributed by atoms with Crippen LogP contribution >= 0.6 is 15.9 Å². The number of amides is 1. The summed E-state index contributed by atoms with van der Waals surface area (Å²) in [5.74, 6) is 0.508. The van der Waals surface area contributed by atoms with Crippen LogP contribution in [0, 0.1) is 0 Å². The summed E-state index contributed by atoms with van der Waals surface area (Å²) in [6.45, 7) is 5.44. The number of pyridine rings is 1. The normalized spacial score (nSPS) is 19.6. The molecule has 1 aliphatic heterocycles. The van der Waals surface area contributed by atoms with E-state index in [4.69, 9.17) is 10.5 Å². The standard InChI is InChI=1S/C18H29BrN4O2/c1-4-23-10-8-6-5-7-9-13(12-23)22(2)17-15(19)11-14(16(20)24)18(21-17)25-3/h11,13H,4-10,12H2,1-3H3,(H2,20,24). The van der Waals surface area contributed by atoms with E-state index < -0.39 is 5.91 Å². The van der Waals surface area contributed by atoms with Crippen LogP contribution in [-0.2, 0) is 0 Å². The molecule has 0 aromatic carbocycles. The Morgan fingerprint density at radius 2 is 2.16 bits per heavy atom. The molecule has 140 valence electrons. The summed E-state index contributed by atoms with van der Waals surface area (Å²) < 4.78 is 6.03. The molecule has 0 radical (unpaired) electrons. The van der Waals surface area contributed by atoms with Gasteiger partial charge in [0.15, 0.2) is 0 Å². The molecule has 2 rings (SSSR count). The summed E-state index contributed by atoms with van der Waals surface area (Å²) in [7, 11) is 3.57. The minimum absolute atomic E-state index is 0.271. The molecule has 1 fully saturated rings. The largest absolute Gasteiger partial charge is 0.480 e. The van der Waals surface area contributed by atoms with Gasteiger partial charge in [-0.1, -0.05) is 26.2 Å². The molecule has 1 aliphatic rings. The second-order valence-corrected chi connectivity index (χ2v) is 7.43. The number of carbonyl (C=O) groups excluding carboxylic acids is 1. The highest BCUT2D eigenvalue weighted by Gasteiger charge is 2.24. The van der Waals surface area contributed by atoms with Gasteiger partial charge in [0.2, 0.25) is 5.88 Å². The molecule has 6 nitrogen and oxygen atoms in total. The Morgan fingerprint density at radius 1 is 1.44 bits per heavy atom. The molecule has 1 unspecified atom stereocenters. The Hall–Kier alpha value is -1.34. The minimum Gasteiger partial charge on any atom is -0.480 e. The monoisotopic (exact) mass is 412 g/mol. The highest BCUT2D eigenvalue weighted by atomic mass is 79.9. The van der Waals surface area contributed by atoms with Crippen molar-refractivity contribution in [3.8, 4) is 5.88 Å². The van der Waals surface area contributed by atoms with Crippen LogP contribution in [0.15, 0.2) is 10.5 Å². The maximum absolute atomic E-state index is 11.6. The molecular weight excluding hydrogens is 384 g/mol. The molecular formula is C18H29BrN4O2. The smallest absolute Gasteiger partial charge is 0.254 e. The fourth-order valence-corrected chi connectivity index (χ4v) is 3.97. The van der Waals surface area contributed by atoms with Gasteiger partial charge < -0.3 is 20.3 Å². The number of nitrogens with two attached hydrogens (primary N) is 1. The highest BCUT2D eigenvalue weighted by molar-refractivity contribution is 9.10. The van der Waals surface area contributed by atoms with E-state index in [1.54, 1.807) is 6.07 Å². The van der Waals surface area contributed by atoms with Gasteiger partial charge in [0.05, 0.1) is 11.6 Å². The van der Waals surface area contributed by atoms with Crippen LogP contribution in [0.4, 0.5) is 5.82 Å². The van der Waals surface area contributed by atoms with E-state index in [0.717, 1.165) is 36.3 Å². The maximum atomic E-state index is 11.6. The van der Waals surface area contributed by atoms with Gasteiger partial charge in [0, 0.05) is 19.6 Å². The number of likely N-dealkylation sites (N-methyl/N-ethyl adjacent to an activating group) is 2. The quantitative estimate of drug-likeness (QED) is 0.804. The first-order chi connectivity index (χ1) is 12.0. The number of hydrogen-bond acceptors (Lipinski definition) is 5. The molecule has 2 heterocycles. The Labute approximate surface area is 158 Å². The number of rotatable bonds is 5. The Balaban J connectivity index is 2.30. The van der Waals surface area contributed by atoms with Crippen LogP contribution in [-0.4, -0.2) is 55.6 Å². The molecule has 0 bridgehead atoms. The van der Waals surface area contributed by atoms with Gasteiger partial charge in [-0.3, -0.25) is 4.79 Å². The second kappa shape index (κ2) is 9.38. The molecule has 1 aromatic heterocycles. The fourth-order valence-electron chi connectivity index (χ4n) is 3.37. The number of hydrogen-bond donors (Lipinski definition) is 1. The van der Waals surface area contributed by atoms with Crippen molar-refractivity contribution >= 4 is 27.7 Å². The number of carbonyl (C=O) groups is 1. The van der Waals surface area contributed by atoms with Gasteiger partial charge in [-0.2, -0.15) is 4.98 Å². The molecule has 1 saturated heterocycles. The predicted octanol–water partition coefficient (Wildman–Crippen LogP) is 3.04. The Kier molecular flexibility index (Phi) is 7.50. The number of methoxy groups -OCH3 is 1. The van der Waals surface area contributed by atoms with E-state index in [-0.39, 0.29) is 11.4 Å². The van der Waals surface area contributed by atoms with Gasteiger partial charge in [-0.15, -0.1) is 0 Å². The lowest BCUT2D eigenvalue weighted by Crippen LogP contribution is -2.43. The second-order valence-electron chi connectivity index (χ2n) is 6.58. The first kappa shape index (κ1) is 20.0. The first-order valence-electron chi connectivity index (χ1n) is 8.97.